The minimum absolute atomic E-state index is 0.0552. The first kappa shape index (κ1) is 20.8. The van der Waals surface area contributed by atoms with Crippen LogP contribution in [-0.4, -0.2) is 26.4 Å². The van der Waals surface area contributed by atoms with Crippen LogP contribution in [0.5, 0.6) is 5.75 Å². The normalized spacial score (nSPS) is 11.9. The molecule has 0 aliphatic heterocycles. The van der Waals surface area contributed by atoms with Gasteiger partial charge in [-0.25, -0.2) is 8.78 Å². The molecule has 0 saturated carbocycles. The quantitative estimate of drug-likeness (QED) is 0.548. The molecule has 1 N–H and O–H groups in total. The van der Waals surface area contributed by atoms with Crippen LogP contribution < -0.4 is 10.1 Å². The second kappa shape index (κ2) is 9.51. The number of hydrogen-bond donors (Lipinski definition) is 1. The lowest BCUT2D eigenvalue weighted by atomic mass is 10.3. The highest BCUT2D eigenvalue weighted by Gasteiger charge is 2.19. The first-order valence-electron chi connectivity index (χ1n) is 9.00. The van der Waals surface area contributed by atoms with E-state index in [4.69, 9.17) is 4.74 Å². The maximum atomic E-state index is 13.6. The van der Waals surface area contributed by atoms with Gasteiger partial charge in [-0.15, -0.1) is 10.2 Å². The van der Waals surface area contributed by atoms with Crippen molar-refractivity contribution in [2.75, 3.05) is 11.1 Å². The van der Waals surface area contributed by atoms with Crippen molar-refractivity contribution in [2.45, 2.75) is 31.7 Å². The molecule has 0 aliphatic carbocycles. The standard InChI is InChI=1S/C20H20F2N4O2S/c1-3-26-19(13(2)28-15-10-8-14(21)9-11-15)24-25-20(26)29-12-18(27)23-17-7-5-4-6-16(17)22/h4-11,13H,3,12H2,1-2H3,(H,23,27). The highest BCUT2D eigenvalue weighted by Crippen LogP contribution is 2.25. The van der Waals surface area contributed by atoms with E-state index in [1.54, 1.807) is 24.3 Å². The van der Waals surface area contributed by atoms with E-state index in [-0.39, 0.29) is 23.2 Å². The Kier molecular flexibility index (Phi) is 6.82. The molecule has 152 valence electrons. The Morgan fingerprint density at radius 2 is 1.90 bits per heavy atom. The van der Waals surface area contributed by atoms with Gasteiger partial charge in [0.25, 0.3) is 0 Å². The van der Waals surface area contributed by atoms with E-state index >= 15 is 0 Å². The lowest BCUT2D eigenvalue weighted by Gasteiger charge is -2.15. The lowest BCUT2D eigenvalue weighted by Crippen LogP contribution is -2.16. The van der Waals surface area contributed by atoms with E-state index < -0.39 is 11.9 Å². The predicted molar refractivity (Wildman–Crippen MR) is 107 cm³/mol. The molecule has 0 aliphatic rings. The molecule has 0 bridgehead atoms. The van der Waals surface area contributed by atoms with Gasteiger partial charge in [-0.2, -0.15) is 0 Å². The SMILES string of the molecule is CCn1c(SCC(=O)Nc2ccccc2F)nnc1C(C)Oc1ccc(F)cc1. The summed E-state index contributed by atoms with van der Waals surface area (Å²) in [5.74, 6) is -0.00915. The Hall–Kier alpha value is -2.94. The molecule has 29 heavy (non-hydrogen) atoms. The Balaban J connectivity index is 1.63. The molecule has 1 amide bonds. The van der Waals surface area contributed by atoms with Gasteiger partial charge in [-0.05, 0) is 50.2 Å². The van der Waals surface area contributed by atoms with Crippen molar-refractivity contribution < 1.29 is 18.3 Å². The van der Waals surface area contributed by atoms with Gasteiger partial charge in [-0.3, -0.25) is 4.79 Å². The van der Waals surface area contributed by atoms with Crippen LogP contribution in [-0.2, 0) is 11.3 Å². The van der Waals surface area contributed by atoms with Crippen LogP contribution >= 0.6 is 11.8 Å². The fourth-order valence-electron chi connectivity index (χ4n) is 2.65. The summed E-state index contributed by atoms with van der Waals surface area (Å²) in [7, 11) is 0. The number of nitrogens with zero attached hydrogens (tertiary/aromatic N) is 3. The Bertz CT molecular complexity index is 979. The highest BCUT2D eigenvalue weighted by molar-refractivity contribution is 7.99. The molecule has 0 radical (unpaired) electrons. The zero-order valence-corrected chi connectivity index (χ0v) is 16.7. The van der Waals surface area contributed by atoms with Crippen molar-refractivity contribution in [3.63, 3.8) is 0 Å². The molecule has 0 spiro atoms. The van der Waals surface area contributed by atoms with Gasteiger partial charge in [0, 0.05) is 6.54 Å². The summed E-state index contributed by atoms with van der Waals surface area (Å²) in [6, 6.07) is 11.7. The predicted octanol–water partition coefficient (Wildman–Crippen LogP) is 4.45. The number of thioether (sulfide) groups is 1. The van der Waals surface area contributed by atoms with E-state index in [0.717, 1.165) is 0 Å². The van der Waals surface area contributed by atoms with Crippen LogP contribution in [0.1, 0.15) is 25.8 Å². The number of carbonyl (C=O) groups is 1. The monoisotopic (exact) mass is 418 g/mol. The molecule has 1 unspecified atom stereocenters. The van der Waals surface area contributed by atoms with Gasteiger partial charge in [0.05, 0.1) is 11.4 Å². The molecule has 0 fully saturated rings. The van der Waals surface area contributed by atoms with Gasteiger partial charge in [-0.1, -0.05) is 23.9 Å². The van der Waals surface area contributed by atoms with Gasteiger partial charge in [0.2, 0.25) is 5.91 Å². The van der Waals surface area contributed by atoms with Crippen molar-refractivity contribution >= 4 is 23.4 Å². The number of nitrogens with one attached hydrogen (secondary N) is 1. The maximum Gasteiger partial charge on any atom is 0.234 e. The second-order valence-corrected chi connectivity index (χ2v) is 7.06. The van der Waals surface area contributed by atoms with Crippen molar-refractivity contribution in [3.8, 4) is 5.75 Å². The molecule has 1 heterocycles. The summed E-state index contributed by atoms with van der Waals surface area (Å²) in [4.78, 5) is 12.1. The number of ether oxygens (including phenoxy) is 1. The van der Waals surface area contributed by atoms with Crippen LogP contribution in [0.2, 0.25) is 0 Å². The molecular weight excluding hydrogens is 398 g/mol. The van der Waals surface area contributed by atoms with Crippen LogP contribution in [0.3, 0.4) is 0 Å². The number of anilines is 1. The zero-order valence-electron chi connectivity index (χ0n) is 15.9. The van der Waals surface area contributed by atoms with Gasteiger partial charge in [0.1, 0.15) is 17.4 Å². The number of para-hydroxylation sites is 1. The average molecular weight is 418 g/mol. The van der Waals surface area contributed by atoms with E-state index in [1.165, 1.54) is 36.0 Å². The molecular formula is C20H20F2N4O2S. The molecule has 0 saturated heterocycles. The summed E-state index contributed by atoms with van der Waals surface area (Å²) < 4.78 is 34.3. The Labute approximate surface area is 171 Å². The Morgan fingerprint density at radius 1 is 1.17 bits per heavy atom. The van der Waals surface area contributed by atoms with Crippen molar-refractivity contribution in [3.05, 3.63) is 66.0 Å². The largest absolute Gasteiger partial charge is 0.483 e. The third-order valence-corrected chi connectivity index (χ3v) is 5.00. The van der Waals surface area contributed by atoms with Crippen LogP contribution in [0.15, 0.2) is 53.7 Å². The molecule has 1 aromatic heterocycles. The smallest absolute Gasteiger partial charge is 0.234 e. The first-order valence-corrected chi connectivity index (χ1v) is 9.99. The van der Waals surface area contributed by atoms with Crippen molar-refractivity contribution in [2.24, 2.45) is 0 Å². The topological polar surface area (TPSA) is 69.0 Å². The molecule has 3 aromatic rings. The first-order chi connectivity index (χ1) is 14.0. The molecule has 3 rings (SSSR count). The van der Waals surface area contributed by atoms with E-state index in [2.05, 4.69) is 15.5 Å². The fourth-order valence-corrected chi connectivity index (χ4v) is 3.46. The van der Waals surface area contributed by atoms with Gasteiger partial charge >= 0.3 is 0 Å². The van der Waals surface area contributed by atoms with Crippen LogP contribution in [0.4, 0.5) is 14.5 Å². The summed E-state index contributed by atoms with van der Waals surface area (Å²) in [6.45, 7) is 4.33. The minimum Gasteiger partial charge on any atom is -0.483 e. The van der Waals surface area contributed by atoms with E-state index in [9.17, 15) is 13.6 Å². The molecule has 2 aromatic carbocycles. The zero-order chi connectivity index (χ0) is 20.8. The number of benzene rings is 2. The van der Waals surface area contributed by atoms with Gasteiger partial charge in [0.15, 0.2) is 17.1 Å². The highest BCUT2D eigenvalue weighted by atomic mass is 32.2. The summed E-state index contributed by atoms with van der Waals surface area (Å²) in [5.41, 5.74) is 0.136. The van der Waals surface area contributed by atoms with Crippen molar-refractivity contribution in [1.29, 1.82) is 0 Å². The molecule has 1 atom stereocenters. The maximum absolute atomic E-state index is 13.6. The number of halogens is 2. The number of rotatable bonds is 8. The number of amides is 1. The van der Waals surface area contributed by atoms with Gasteiger partial charge < -0.3 is 14.6 Å². The van der Waals surface area contributed by atoms with Crippen LogP contribution in [0.25, 0.3) is 0 Å². The number of hydrogen-bond acceptors (Lipinski definition) is 5. The number of aromatic nitrogens is 3. The van der Waals surface area contributed by atoms with Crippen molar-refractivity contribution in [1.82, 2.24) is 14.8 Å². The summed E-state index contributed by atoms with van der Waals surface area (Å²) in [5, 5.41) is 11.4. The summed E-state index contributed by atoms with van der Waals surface area (Å²) >= 11 is 1.20. The molecule has 9 heteroatoms. The minimum atomic E-state index is -0.489. The Morgan fingerprint density at radius 3 is 2.59 bits per heavy atom. The van der Waals surface area contributed by atoms with Crippen LogP contribution in [0, 0.1) is 11.6 Å². The third-order valence-electron chi connectivity index (χ3n) is 4.03. The molecule has 6 nitrogen and oxygen atoms in total. The number of carbonyl (C=O) groups excluding carboxylic acids is 1. The second-order valence-electron chi connectivity index (χ2n) is 6.12. The van der Waals surface area contributed by atoms with E-state index in [0.29, 0.717) is 23.3 Å². The lowest BCUT2D eigenvalue weighted by molar-refractivity contribution is -0.113. The average Bonchev–Trinajstić information content (AvgIpc) is 3.13. The fraction of sp³-hybridized carbons (Fsp3) is 0.250. The van der Waals surface area contributed by atoms with E-state index in [1.807, 2.05) is 18.4 Å². The third kappa shape index (κ3) is 5.32. The summed E-state index contributed by atoms with van der Waals surface area (Å²) in [6.07, 6.45) is -0.422.